The second kappa shape index (κ2) is 7.37. The summed E-state index contributed by atoms with van der Waals surface area (Å²) in [5, 5.41) is 0. The number of hydrogen-bond donors (Lipinski definition) is 0. The number of allylic oxidation sites excluding steroid dienone is 8. The fraction of sp³-hybridized carbons (Fsp3) is 0.429. The fourth-order valence-electron chi connectivity index (χ4n) is 1.20. The predicted octanol–water partition coefficient (Wildman–Crippen LogP) is 4.81. The van der Waals surface area contributed by atoms with Crippen LogP contribution < -0.4 is 0 Å². The Labute approximate surface area is 88.7 Å². The first-order chi connectivity index (χ1) is 6.60. The lowest BCUT2D eigenvalue weighted by Crippen LogP contribution is -1.75. The van der Waals surface area contributed by atoms with Gasteiger partial charge in [-0.15, -0.1) is 0 Å². The summed E-state index contributed by atoms with van der Waals surface area (Å²) in [5.74, 6) is 0. The molecule has 0 heteroatoms. The lowest BCUT2D eigenvalue weighted by Gasteiger charge is -1.96. The maximum atomic E-state index is 2.21. The van der Waals surface area contributed by atoms with E-state index in [1.165, 1.54) is 16.7 Å². The lowest BCUT2D eigenvalue weighted by atomic mass is 10.1. The summed E-state index contributed by atoms with van der Waals surface area (Å²) in [4.78, 5) is 0. The van der Waals surface area contributed by atoms with Crippen molar-refractivity contribution in [3.63, 3.8) is 0 Å². The minimum atomic E-state index is 1.10. The van der Waals surface area contributed by atoms with Crippen molar-refractivity contribution in [2.75, 3.05) is 0 Å². The van der Waals surface area contributed by atoms with Crippen LogP contribution in [0.1, 0.15) is 41.0 Å². The van der Waals surface area contributed by atoms with Crippen molar-refractivity contribution < 1.29 is 0 Å². The van der Waals surface area contributed by atoms with Gasteiger partial charge in [0.15, 0.2) is 0 Å². The molecule has 78 valence electrons. The van der Waals surface area contributed by atoms with Crippen molar-refractivity contribution >= 4 is 0 Å². The Morgan fingerprint density at radius 1 is 0.929 bits per heavy atom. The maximum Gasteiger partial charge on any atom is -0.0376 e. The topological polar surface area (TPSA) is 0 Å². The molecule has 0 unspecified atom stereocenters. The number of rotatable bonds is 4. The summed E-state index contributed by atoms with van der Waals surface area (Å²) >= 11 is 0. The largest absolute Gasteiger partial charge is 0.0847 e. The Balaban J connectivity index is 4.49. The third kappa shape index (κ3) is 6.47. The average molecular weight is 190 g/mol. The zero-order valence-corrected chi connectivity index (χ0v) is 10.1. The Bertz CT molecular complexity index is 272. The summed E-state index contributed by atoms with van der Waals surface area (Å²) in [6.07, 6.45) is 12.0. The van der Waals surface area contributed by atoms with E-state index in [2.05, 4.69) is 65.0 Å². The molecule has 0 aromatic rings. The molecule has 14 heavy (non-hydrogen) atoms. The minimum absolute atomic E-state index is 1.10. The molecule has 0 nitrogen and oxygen atoms in total. The van der Waals surface area contributed by atoms with Gasteiger partial charge in [-0.3, -0.25) is 0 Å². The first-order valence-corrected chi connectivity index (χ1v) is 5.26. The molecular formula is C14H22. The predicted molar refractivity (Wildman–Crippen MR) is 66.4 cm³/mol. The van der Waals surface area contributed by atoms with E-state index in [1.807, 2.05) is 0 Å². The summed E-state index contributed by atoms with van der Waals surface area (Å²) in [5.41, 5.74) is 3.93. The van der Waals surface area contributed by atoms with E-state index >= 15 is 0 Å². The van der Waals surface area contributed by atoms with Gasteiger partial charge in [-0.1, -0.05) is 54.0 Å². The van der Waals surface area contributed by atoms with E-state index in [1.54, 1.807) is 0 Å². The van der Waals surface area contributed by atoms with Gasteiger partial charge in [0.1, 0.15) is 0 Å². The van der Waals surface area contributed by atoms with Crippen LogP contribution in [0.15, 0.2) is 47.1 Å². The molecule has 0 saturated heterocycles. The normalized spacial score (nSPS) is 15.4. The second-order valence-electron chi connectivity index (χ2n) is 3.62. The van der Waals surface area contributed by atoms with Crippen LogP contribution >= 0.6 is 0 Å². The monoisotopic (exact) mass is 190 g/mol. The number of hydrogen-bond acceptors (Lipinski definition) is 0. The van der Waals surface area contributed by atoms with E-state index in [0.717, 1.165) is 6.42 Å². The molecule has 0 spiro atoms. The zero-order chi connectivity index (χ0) is 11.0. The first-order valence-electron chi connectivity index (χ1n) is 5.26. The SMILES string of the molecule is C\C=C(C)/C=C(C)/C=C(C)/C=C/CC. The molecule has 0 bridgehead atoms. The van der Waals surface area contributed by atoms with Crippen LogP contribution in [-0.2, 0) is 0 Å². The summed E-state index contributed by atoms with van der Waals surface area (Å²) in [6.45, 7) is 10.6. The van der Waals surface area contributed by atoms with Crippen molar-refractivity contribution in [3.8, 4) is 0 Å². The second-order valence-corrected chi connectivity index (χ2v) is 3.62. The van der Waals surface area contributed by atoms with Crippen LogP contribution in [0.3, 0.4) is 0 Å². The highest BCUT2D eigenvalue weighted by molar-refractivity contribution is 5.32. The third-order valence-corrected chi connectivity index (χ3v) is 1.98. The molecule has 0 aliphatic heterocycles. The first kappa shape index (κ1) is 13.0. The zero-order valence-electron chi connectivity index (χ0n) is 10.1. The highest BCUT2D eigenvalue weighted by atomic mass is 13.9. The molecule has 0 radical (unpaired) electrons. The highest BCUT2D eigenvalue weighted by Gasteiger charge is 1.86. The van der Waals surface area contributed by atoms with Gasteiger partial charge < -0.3 is 0 Å². The van der Waals surface area contributed by atoms with Gasteiger partial charge in [-0.05, 0) is 34.1 Å². The van der Waals surface area contributed by atoms with Crippen LogP contribution in [0.4, 0.5) is 0 Å². The van der Waals surface area contributed by atoms with Crippen molar-refractivity contribution in [2.24, 2.45) is 0 Å². The van der Waals surface area contributed by atoms with Crippen LogP contribution in [-0.4, -0.2) is 0 Å². The standard InChI is InChI=1S/C14H22/c1-6-8-9-13(4)11-14(5)10-12(3)7-2/h7-11H,6H2,1-5H3/b9-8+,12-7-,13-11+,14-10+. The van der Waals surface area contributed by atoms with E-state index < -0.39 is 0 Å². The van der Waals surface area contributed by atoms with Gasteiger partial charge >= 0.3 is 0 Å². The van der Waals surface area contributed by atoms with Gasteiger partial charge in [0, 0.05) is 0 Å². The fourth-order valence-corrected chi connectivity index (χ4v) is 1.20. The molecule has 0 amide bonds. The molecule has 0 aliphatic rings. The average Bonchev–Trinajstić information content (AvgIpc) is 2.14. The molecule has 0 aromatic carbocycles. The maximum absolute atomic E-state index is 2.21. The summed E-state index contributed by atoms with van der Waals surface area (Å²) in [7, 11) is 0. The van der Waals surface area contributed by atoms with Crippen molar-refractivity contribution in [1.29, 1.82) is 0 Å². The molecule has 0 fully saturated rings. The van der Waals surface area contributed by atoms with Crippen molar-refractivity contribution in [1.82, 2.24) is 0 Å². The Hall–Kier alpha value is -1.04. The Kier molecular flexibility index (Phi) is 6.82. The molecule has 0 saturated carbocycles. The van der Waals surface area contributed by atoms with Gasteiger partial charge in [0.25, 0.3) is 0 Å². The van der Waals surface area contributed by atoms with E-state index in [0.29, 0.717) is 0 Å². The summed E-state index contributed by atoms with van der Waals surface area (Å²) < 4.78 is 0. The van der Waals surface area contributed by atoms with Crippen LogP contribution in [0, 0.1) is 0 Å². The third-order valence-electron chi connectivity index (χ3n) is 1.98. The minimum Gasteiger partial charge on any atom is -0.0847 e. The molecular weight excluding hydrogens is 168 g/mol. The van der Waals surface area contributed by atoms with E-state index in [4.69, 9.17) is 0 Å². The molecule has 0 aliphatic carbocycles. The quantitative estimate of drug-likeness (QED) is 0.558. The molecule has 0 rings (SSSR count). The van der Waals surface area contributed by atoms with Crippen LogP contribution in [0.5, 0.6) is 0 Å². The smallest absolute Gasteiger partial charge is 0.0376 e. The van der Waals surface area contributed by atoms with Crippen molar-refractivity contribution in [2.45, 2.75) is 41.0 Å². The molecule has 0 aromatic heterocycles. The summed E-state index contributed by atoms with van der Waals surface area (Å²) in [6, 6.07) is 0. The van der Waals surface area contributed by atoms with E-state index in [-0.39, 0.29) is 0 Å². The van der Waals surface area contributed by atoms with Gasteiger partial charge in [0.05, 0.1) is 0 Å². The molecule has 0 heterocycles. The highest BCUT2D eigenvalue weighted by Crippen LogP contribution is 2.07. The van der Waals surface area contributed by atoms with Crippen LogP contribution in [0.2, 0.25) is 0 Å². The van der Waals surface area contributed by atoms with Gasteiger partial charge in [0.2, 0.25) is 0 Å². The lowest BCUT2D eigenvalue weighted by molar-refractivity contribution is 1.22. The molecule has 0 N–H and O–H groups in total. The van der Waals surface area contributed by atoms with Gasteiger partial charge in [-0.25, -0.2) is 0 Å². The Morgan fingerprint density at radius 3 is 2.00 bits per heavy atom. The van der Waals surface area contributed by atoms with Gasteiger partial charge in [-0.2, -0.15) is 0 Å². The van der Waals surface area contributed by atoms with Crippen LogP contribution in [0.25, 0.3) is 0 Å². The van der Waals surface area contributed by atoms with E-state index in [9.17, 15) is 0 Å². The van der Waals surface area contributed by atoms with Crippen molar-refractivity contribution in [3.05, 3.63) is 47.1 Å². The molecule has 0 atom stereocenters. The Morgan fingerprint density at radius 2 is 1.50 bits per heavy atom.